The van der Waals surface area contributed by atoms with Crippen LogP contribution in [0.2, 0.25) is 0 Å². The summed E-state index contributed by atoms with van der Waals surface area (Å²) in [6.45, 7) is 0.708. The van der Waals surface area contributed by atoms with Crippen LogP contribution in [0.4, 0.5) is 0 Å². The highest BCUT2D eigenvalue weighted by atomic mass is 16.2. The third-order valence-electron chi connectivity index (χ3n) is 5.92. The summed E-state index contributed by atoms with van der Waals surface area (Å²) >= 11 is 0. The van der Waals surface area contributed by atoms with Crippen LogP contribution in [-0.4, -0.2) is 20.3 Å². The van der Waals surface area contributed by atoms with Crippen LogP contribution in [0.3, 0.4) is 0 Å². The van der Waals surface area contributed by atoms with E-state index in [1.165, 1.54) is 17.5 Å². The monoisotopic (exact) mass is 368 g/mol. The smallest absolute Gasteiger partial charge is 0.346 e. The molecule has 0 bridgehead atoms. The van der Waals surface area contributed by atoms with Crippen molar-refractivity contribution < 1.29 is 4.79 Å². The molecule has 1 aromatic carbocycles. The highest BCUT2D eigenvalue weighted by molar-refractivity contribution is 5.76. The number of rotatable bonds is 5. The van der Waals surface area contributed by atoms with Crippen molar-refractivity contribution in [3.8, 4) is 0 Å². The number of benzene rings is 1. The van der Waals surface area contributed by atoms with Crippen LogP contribution in [0.25, 0.3) is 0 Å². The van der Waals surface area contributed by atoms with E-state index in [4.69, 9.17) is 0 Å². The Labute approximate surface area is 159 Å². The summed E-state index contributed by atoms with van der Waals surface area (Å²) in [6.07, 6.45) is 8.72. The average Bonchev–Trinajstić information content (AvgIpc) is 3.24. The van der Waals surface area contributed by atoms with Gasteiger partial charge in [-0.1, -0.05) is 49.6 Å². The molecule has 1 fully saturated rings. The van der Waals surface area contributed by atoms with Gasteiger partial charge in [0.2, 0.25) is 5.91 Å². The van der Waals surface area contributed by atoms with Crippen LogP contribution in [0.15, 0.2) is 35.1 Å². The van der Waals surface area contributed by atoms with Gasteiger partial charge in [0.1, 0.15) is 12.4 Å². The second-order valence-electron chi connectivity index (χ2n) is 7.82. The van der Waals surface area contributed by atoms with Gasteiger partial charge in [0.25, 0.3) is 0 Å². The van der Waals surface area contributed by atoms with Gasteiger partial charge in [0, 0.05) is 13.0 Å². The van der Waals surface area contributed by atoms with Crippen LogP contribution in [0.1, 0.15) is 62.4 Å². The highest BCUT2D eigenvalue weighted by Crippen LogP contribution is 2.35. The Bertz CT molecular complexity index is 834. The first-order valence-corrected chi connectivity index (χ1v) is 10.2. The molecule has 1 aromatic heterocycles. The van der Waals surface area contributed by atoms with Gasteiger partial charge in [0.15, 0.2) is 0 Å². The Morgan fingerprint density at radius 2 is 1.89 bits per heavy atom. The minimum atomic E-state index is -0.154. The quantitative estimate of drug-likeness (QED) is 0.882. The molecule has 1 aliphatic heterocycles. The van der Waals surface area contributed by atoms with E-state index in [1.807, 2.05) is 18.2 Å². The molecule has 1 saturated carbocycles. The van der Waals surface area contributed by atoms with E-state index in [9.17, 15) is 9.59 Å². The number of carbonyl (C=O) groups excluding carboxylic acids is 1. The normalized spacial score (nSPS) is 18.7. The molecule has 2 aromatic rings. The molecule has 1 amide bonds. The molecular weight excluding hydrogens is 340 g/mol. The molecule has 6 nitrogen and oxygen atoms in total. The lowest BCUT2D eigenvalue weighted by atomic mass is 9.91. The standard InChI is InChI=1S/C21H28N4O2/c26-19(15-25-21(27)24-14-8-2-5-13-18(24)23-25)22-20(17-11-6-7-12-17)16-9-3-1-4-10-16/h1,3-4,9-10,17,20H,2,5-8,11-15H2,(H,22,26). The Morgan fingerprint density at radius 3 is 2.67 bits per heavy atom. The summed E-state index contributed by atoms with van der Waals surface area (Å²) < 4.78 is 3.08. The van der Waals surface area contributed by atoms with Crippen LogP contribution in [-0.2, 0) is 24.3 Å². The lowest BCUT2D eigenvalue weighted by molar-refractivity contribution is -0.123. The Hall–Kier alpha value is -2.37. The van der Waals surface area contributed by atoms with Crippen LogP contribution < -0.4 is 11.0 Å². The van der Waals surface area contributed by atoms with Crippen LogP contribution in [0.5, 0.6) is 0 Å². The number of hydrogen-bond acceptors (Lipinski definition) is 3. The molecule has 0 saturated heterocycles. The summed E-state index contributed by atoms with van der Waals surface area (Å²) in [5.41, 5.74) is 0.991. The zero-order valence-corrected chi connectivity index (χ0v) is 15.8. The largest absolute Gasteiger partial charge is 0.347 e. The first kappa shape index (κ1) is 18.0. The number of fused-ring (bicyclic) bond motifs is 1. The SMILES string of the molecule is O=C(Cn1nc2n(c1=O)CCCCC2)NC(c1ccccc1)C1CCCC1. The van der Waals surface area contributed by atoms with Gasteiger partial charge in [-0.05, 0) is 37.2 Å². The zero-order valence-electron chi connectivity index (χ0n) is 15.8. The molecular formula is C21H28N4O2. The second-order valence-corrected chi connectivity index (χ2v) is 7.82. The molecule has 2 aliphatic rings. The molecule has 1 atom stereocenters. The Kier molecular flexibility index (Phi) is 5.41. The molecule has 0 spiro atoms. The van der Waals surface area contributed by atoms with E-state index in [-0.39, 0.29) is 24.2 Å². The van der Waals surface area contributed by atoms with Crippen molar-refractivity contribution in [2.24, 2.45) is 5.92 Å². The van der Waals surface area contributed by atoms with E-state index in [2.05, 4.69) is 22.5 Å². The van der Waals surface area contributed by atoms with Crippen molar-refractivity contribution in [3.05, 3.63) is 52.2 Å². The fourth-order valence-electron chi connectivity index (χ4n) is 4.51. The zero-order chi connectivity index (χ0) is 18.6. The molecule has 6 heteroatoms. The van der Waals surface area contributed by atoms with E-state index < -0.39 is 0 Å². The predicted octanol–water partition coefficient (Wildman–Crippen LogP) is 2.82. The molecule has 27 heavy (non-hydrogen) atoms. The van der Waals surface area contributed by atoms with Gasteiger partial charge < -0.3 is 5.32 Å². The Balaban J connectivity index is 1.49. The highest BCUT2D eigenvalue weighted by Gasteiger charge is 2.28. The van der Waals surface area contributed by atoms with Crippen molar-refractivity contribution >= 4 is 5.91 Å². The van der Waals surface area contributed by atoms with Gasteiger partial charge in [-0.15, -0.1) is 0 Å². The van der Waals surface area contributed by atoms with Crippen molar-refractivity contribution in [2.75, 3.05) is 0 Å². The first-order valence-electron chi connectivity index (χ1n) is 10.2. The van der Waals surface area contributed by atoms with Crippen molar-refractivity contribution in [1.29, 1.82) is 0 Å². The van der Waals surface area contributed by atoms with Crippen molar-refractivity contribution in [2.45, 2.75) is 70.5 Å². The van der Waals surface area contributed by atoms with Crippen molar-refractivity contribution in [1.82, 2.24) is 19.7 Å². The molecule has 1 aliphatic carbocycles. The third kappa shape index (κ3) is 3.99. The van der Waals surface area contributed by atoms with E-state index >= 15 is 0 Å². The summed E-state index contributed by atoms with van der Waals surface area (Å²) in [5, 5.41) is 7.63. The van der Waals surface area contributed by atoms with Gasteiger partial charge in [-0.2, -0.15) is 5.10 Å². The minimum Gasteiger partial charge on any atom is -0.347 e. The summed E-state index contributed by atoms with van der Waals surface area (Å²) in [7, 11) is 0. The number of nitrogens with zero attached hydrogens (tertiary/aromatic N) is 3. The molecule has 144 valence electrons. The van der Waals surface area contributed by atoms with E-state index in [1.54, 1.807) is 4.57 Å². The topological polar surface area (TPSA) is 68.9 Å². The lowest BCUT2D eigenvalue weighted by Crippen LogP contribution is -2.37. The number of hydrogen-bond donors (Lipinski definition) is 1. The van der Waals surface area contributed by atoms with E-state index in [0.29, 0.717) is 12.5 Å². The number of carbonyl (C=O) groups is 1. The second kappa shape index (κ2) is 8.11. The maximum absolute atomic E-state index is 12.8. The number of aromatic nitrogens is 3. The number of amides is 1. The van der Waals surface area contributed by atoms with Crippen LogP contribution >= 0.6 is 0 Å². The molecule has 4 rings (SSSR count). The predicted molar refractivity (Wildman–Crippen MR) is 103 cm³/mol. The summed E-state index contributed by atoms with van der Waals surface area (Å²) in [6, 6.07) is 10.2. The maximum atomic E-state index is 12.8. The molecule has 2 heterocycles. The van der Waals surface area contributed by atoms with Gasteiger partial charge in [-0.25, -0.2) is 9.48 Å². The Morgan fingerprint density at radius 1 is 1.11 bits per heavy atom. The van der Waals surface area contributed by atoms with Crippen molar-refractivity contribution in [3.63, 3.8) is 0 Å². The molecule has 1 unspecified atom stereocenters. The third-order valence-corrected chi connectivity index (χ3v) is 5.92. The molecule has 0 radical (unpaired) electrons. The fourth-order valence-corrected chi connectivity index (χ4v) is 4.51. The number of nitrogens with one attached hydrogen (secondary N) is 1. The van der Waals surface area contributed by atoms with E-state index in [0.717, 1.165) is 49.9 Å². The van der Waals surface area contributed by atoms with Gasteiger partial charge in [-0.3, -0.25) is 9.36 Å². The summed E-state index contributed by atoms with van der Waals surface area (Å²) in [4.78, 5) is 25.4. The number of aryl methyl sites for hydroxylation is 1. The maximum Gasteiger partial charge on any atom is 0.346 e. The summed E-state index contributed by atoms with van der Waals surface area (Å²) in [5.74, 6) is 1.15. The lowest BCUT2D eigenvalue weighted by Gasteiger charge is -2.25. The van der Waals surface area contributed by atoms with Gasteiger partial charge in [0.05, 0.1) is 6.04 Å². The fraction of sp³-hybridized carbons (Fsp3) is 0.571. The minimum absolute atomic E-state index is 0.00507. The van der Waals surface area contributed by atoms with Gasteiger partial charge >= 0.3 is 5.69 Å². The first-order chi connectivity index (χ1) is 13.2. The molecule has 1 N–H and O–H groups in total. The average molecular weight is 368 g/mol. The van der Waals surface area contributed by atoms with Crippen LogP contribution in [0, 0.1) is 5.92 Å².